The number of hydrogen-bond donors (Lipinski definition) is 0. The second-order valence-electron chi connectivity index (χ2n) is 4.06. The van der Waals surface area contributed by atoms with Crippen LogP contribution in [-0.2, 0) is 10.0 Å². The fraction of sp³-hybridized carbons (Fsp3) is 0.500. The Hall–Kier alpha value is -0.990. The summed E-state index contributed by atoms with van der Waals surface area (Å²) in [4.78, 5) is -0.216. The highest BCUT2D eigenvalue weighted by Crippen LogP contribution is 2.23. The molecule has 9 heteroatoms. The molecule has 0 saturated heterocycles. The van der Waals surface area contributed by atoms with Gasteiger partial charge in [0.2, 0.25) is 10.0 Å². The second-order valence-corrected chi connectivity index (χ2v) is 6.37. The Labute approximate surface area is 126 Å². The number of alkyl halides is 4. The minimum absolute atomic E-state index is 0.216. The first kappa shape index (κ1) is 18.1. The quantitative estimate of drug-likeness (QED) is 0.714. The Morgan fingerprint density at radius 2 is 1.81 bits per heavy atom. The van der Waals surface area contributed by atoms with Gasteiger partial charge in [0.15, 0.2) is 0 Å². The third-order valence-electron chi connectivity index (χ3n) is 2.52. The highest BCUT2D eigenvalue weighted by atomic mass is 35.5. The summed E-state index contributed by atoms with van der Waals surface area (Å²) in [6, 6.07) is 5.16. The lowest BCUT2D eigenvalue weighted by atomic mass is 10.3. The number of halogens is 4. The summed E-state index contributed by atoms with van der Waals surface area (Å²) >= 11 is 5.44. The summed E-state index contributed by atoms with van der Waals surface area (Å²) in [6.45, 7) is -0.188. The molecule has 0 amide bonds. The van der Waals surface area contributed by atoms with Crippen LogP contribution in [0.4, 0.5) is 13.2 Å². The fourth-order valence-electron chi connectivity index (χ4n) is 1.58. The van der Waals surface area contributed by atoms with Crippen LogP contribution in [0.25, 0.3) is 0 Å². The first-order chi connectivity index (χ1) is 9.70. The summed E-state index contributed by atoms with van der Waals surface area (Å²) in [6.07, 6.45) is -4.59. The van der Waals surface area contributed by atoms with Crippen molar-refractivity contribution in [3.63, 3.8) is 0 Å². The SMILES string of the molecule is CCN(CC(F)(F)F)S(=O)(=O)c1ccc(OCCCl)cc1. The van der Waals surface area contributed by atoms with E-state index in [4.69, 9.17) is 16.3 Å². The van der Waals surface area contributed by atoms with Gasteiger partial charge in [-0.1, -0.05) is 6.92 Å². The molecule has 0 aromatic heterocycles. The fourth-order valence-corrected chi connectivity index (χ4v) is 3.09. The van der Waals surface area contributed by atoms with Gasteiger partial charge in [0.1, 0.15) is 18.9 Å². The van der Waals surface area contributed by atoms with E-state index in [1.54, 1.807) is 0 Å². The Morgan fingerprint density at radius 3 is 2.24 bits per heavy atom. The third kappa shape index (κ3) is 5.37. The second kappa shape index (κ2) is 7.33. The van der Waals surface area contributed by atoms with Crippen molar-refractivity contribution in [1.82, 2.24) is 4.31 Å². The predicted molar refractivity (Wildman–Crippen MR) is 73.1 cm³/mol. The van der Waals surface area contributed by atoms with Gasteiger partial charge in [0.05, 0.1) is 10.8 Å². The molecule has 120 valence electrons. The zero-order valence-corrected chi connectivity index (χ0v) is 12.8. The predicted octanol–water partition coefficient (Wildman–Crippen LogP) is 2.88. The molecule has 0 aliphatic rings. The average molecular weight is 346 g/mol. The molecular weight excluding hydrogens is 331 g/mol. The van der Waals surface area contributed by atoms with E-state index >= 15 is 0 Å². The van der Waals surface area contributed by atoms with Gasteiger partial charge in [0, 0.05) is 6.54 Å². The zero-order chi connectivity index (χ0) is 16.1. The number of ether oxygens (including phenoxy) is 1. The van der Waals surface area contributed by atoms with Crippen LogP contribution in [0.15, 0.2) is 29.2 Å². The van der Waals surface area contributed by atoms with Crippen LogP contribution in [0.1, 0.15) is 6.92 Å². The number of sulfonamides is 1. The van der Waals surface area contributed by atoms with Crippen molar-refractivity contribution >= 4 is 21.6 Å². The molecule has 21 heavy (non-hydrogen) atoms. The van der Waals surface area contributed by atoms with Gasteiger partial charge in [0.25, 0.3) is 0 Å². The molecule has 0 saturated carbocycles. The van der Waals surface area contributed by atoms with Gasteiger partial charge in [-0.15, -0.1) is 11.6 Å². The summed E-state index contributed by atoms with van der Waals surface area (Å²) in [5, 5.41) is 0. The van der Waals surface area contributed by atoms with Crippen molar-refractivity contribution in [2.24, 2.45) is 0 Å². The number of nitrogens with zero attached hydrogens (tertiary/aromatic N) is 1. The number of benzene rings is 1. The molecule has 1 aromatic carbocycles. The highest BCUT2D eigenvalue weighted by molar-refractivity contribution is 7.89. The van der Waals surface area contributed by atoms with E-state index in [9.17, 15) is 21.6 Å². The summed E-state index contributed by atoms with van der Waals surface area (Å²) in [5.41, 5.74) is 0. The minimum atomic E-state index is -4.59. The maximum Gasteiger partial charge on any atom is 0.402 e. The molecule has 0 aliphatic carbocycles. The van der Waals surface area contributed by atoms with Crippen LogP contribution in [0.3, 0.4) is 0 Å². The molecule has 0 atom stereocenters. The van der Waals surface area contributed by atoms with E-state index in [0.717, 1.165) is 0 Å². The Kier molecular flexibility index (Phi) is 6.30. The smallest absolute Gasteiger partial charge is 0.402 e. The number of hydrogen-bond acceptors (Lipinski definition) is 3. The first-order valence-corrected chi connectivity index (χ1v) is 8.04. The number of rotatable bonds is 7. The van der Waals surface area contributed by atoms with E-state index in [0.29, 0.717) is 10.1 Å². The van der Waals surface area contributed by atoms with E-state index in [2.05, 4.69) is 0 Å². The van der Waals surface area contributed by atoms with Gasteiger partial charge in [-0.2, -0.15) is 17.5 Å². The normalized spacial score (nSPS) is 12.7. The van der Waals surface area contributed by atoms with Gasteiger partial charge in [-0.3, -0.25) is 0 Å². The standard InChI is InChI=1S/C12H15ClF3NO3S/c1-2-17(9-12(14,15)16)21(18,19)11-5-3-10(4-6-11)20-8-7-13/h3-6H,2,7-9H2,1H3. The van der Waals surface area contributed by atoms with Gasteiger partial charge < -0.3 is 4.74 Å². The lowest BCUT2D eigenvalue weighted by molar-refractivity contribution is -0.135. The molecule has 0 unspecified atom stereocenters. The van der Waals surface area contributed by atoms with Crippen molar-refractivity contribution in [2.45, 2.75) is 18.0 Å². The molecule has 4 nitrogen and oxygen atoms in total. The van der Waals surface area contributed by atoms with E-state index in [1.165, 1.54) is 31.2 Å². The van der Waals surface area contributed by atoms with Crippen molar-refractivity contribution in [3.8, 4) is 5.75 Å². The third-order valence-corrected chi connectivity index (χ3v) is 4.61. The zero-order valence-electron chi connectivity index (χ0n) is 11.2. The minimum Gasteiger partial charge on any atom is -0.492 e. The maximum atomic E-state index is 12.4. The summed E-state index contributed by atoms with van der Waals surface area (Å²) in [5.74, 6) is 0.670. The molecule has 0 radical (unpaired) electrons. The average Bonchev–Trinajstić information content (AvgIpc) is 2.41. The van der Waals surface area contributed by atoms with Crippen LogP contribution in [0, 0.1) is 0 Å². The van der Waals surface area contributed by atoms with E-state index in [-0.39, 0.29) is 23.9 Å². The largest absolute Gasteiger partial charge is 0.492 e. The van der Waals surface area contributed by atoms with Gasteiger partial charge in [-0.25, -0.2) is 8.42 Å². The van der Waals surface area contributed by atoms with Crippen molar-refractivity contribution in [2.75, 3.05) is 25.6 Å². The molecule has 0 bridgehead atoms. The molecule has 0 heterocycles. The van der Waals surface area contributed by atoms with Crippen LogP contribution < -0.4 is 4.74 Å². The molecule has 1 aromatic rings. The first-order valence-electron chi connectivity index (χ1n) is 6.06. The molecule has 0 N–H and O–H groups in total. The molecule has 0 fully saturated rings. The van der Waals surface area contributed by atoms with Crippen LogP contribution in [0.2, 0.25) is 0 Å². The summed E-state index contributed by atoms with van der Waals surface area (Å²) < 4.78 is 67.0. The molecule has 1 rings (SSSR count). The summed E-state index contributed by atoms with van der Waals surface area (Å²) in [7, 11) is -4.19. The maximum absolute atomic E-state index is 12.4. The van der Waals surface area contributed by atoms with Crippen molar-refractivity contribution in [1.29, 1.82) is 0 Å². The van der Waals surface area contributed by atoms with Crippen molar-refractivity contribution in [3.05, 3.63) is 24.3 Å². The van der Waals surface area contributed by atoms with Gasteiger partial charge >= 0.3 is 6.18 Å². The Morgan fingerprint density at radius 1 is 1.24 bits per heavy atom. The van der Waals surface area contributed by atoms with Crippen LogP contribution in [-0.4, -0.2) is 44.5 Å². The molecular formula is C12H15ClF3NO3S. The van der Waals surface area contributed by atoms with Gasteiger partial charge in [-0.05, 0) is 24.3 Å². The van der Waals surface area contributed by atoms with Crippen LogP contribution in [0.5, 0.6) is 5.75 Å². The monoisotopic (exact) mass is 345 g/mol. The van der Waals surface area contributed by atoms with Crippen LogP contribution >= 0.6 is 11.6 Å². The Balaban J connectivity index is 2.95. The van der Waals surface area contributed by atoms with E-state index in [1.807, 2.05) is 0 Å². The van der Waals surface area contributed by atoms with Crippen molar-refractivity contribution < 1.29 is 26.3 Å². The lowest BCUT2D eigenvalue weighted by Gasteiger charge is -2.21. The topological polar surface area (TPSA) is 46.6 Å². The Bertz CT molecular complexity index is 546. The lowest BCUT2D eigenvalue weighted by Crippen LogP contribution is -2.38. The molecule has 0 spiro atoms. The molecule has 0 aliphatic heterocycles. The van der Waals surface area contributed by atoms with E-state index < -0.39 is 22.7 Å². The highest BCUT2D eigenvalue weighted by Gasteiger charge is 2.36.